The molecule has 27 heavy (non-hydrogen) atoms. The zero-order valence-corrected chi connectivity index (χ0v) is 14.9. The van der Waals surface area contributed by atoms with Crippen molar-refractivity contribution >= 4 is 17.5 Å². The predicted octanol–water partition coefficient (Wildman–Crippen LogP) is 2.00. The molecule has 2 aromatic carbocycles. The maximum Gasteiger partial charge on any atom is 0.251 e. The molecule has 7 nitrogen and oxygen atoms in total. The molecule has 0 bridgehead atoms. The third-order valence-electron chi connectivity index (χ3n) is 4.65. The van der Waals surface area contributed by atoms with Crippen LogP contribution < -0.4 is 24.4 Å². The van der Waals surface area contributed by atoms with Gasteiger partial charge in [-0.05, 0) is 36.4 Å². The number of anilines is 1. The first kappa shape index (κ1) is 17.2. The number of methoxy groups -OCH3 is 1. The Kier molecular flexibility index (Phi) is 4.58. The molecule has 4 rings (SSSR count). The average molecular weight is 368 g/mol. The van der Waals surface area contributed by atoms with Crippen LogP contribution in [0, 0.1) is 0 Å². The molecule has 2 aliphatic rings. The Morgan fingerprint density at radius 3 is 2.59 bits per heavy atom. The third kappa shape index (κ3) is 3.53. The number of ether oxygens (including phenoxy) is 3. The normalized spacial score (nSPS) is 18.3. The third-order valence-corrected chi connectivity index (χ3v) is 4.65. The van der Waals surface area contributed by atoms with E-state index in [1.807, 2.05) is 6.07 Å². The molecule has 2 heterocycles. The number of nitrogens with one attached hydrogen (secondary N) is 1. The number of benzene rings is 2. The fraction of sp³-hybridized carbons (Fsp3) is 0.300. The molecule has 7 heteroatoms. The minimum absolute atomic E-state index is 0.0355. The van der Waals surface area contributed by atoms with E-state index in [0.29, 0.717) is 42.6 Å². The van der Waals surface area contributed by atoms with Gasteiger partial charge in [0.15, 0.2) is 11.5 Å². The van der Waals surface area contributed by atoms with E-state index in [0.717, 1.165) is 5.69 Å². The number of carbonyl (C=O) groups excluding carboxylic acids is 2. The Hall–Kier alpha value is -3.22. The molecule has 0 unspecified atom stereocenters. The van der Waals surface area contributed by atoms with Gasteiger partial charge in [0.2, 0.25) is 5.91 Å². The molecule has 0 spiro atoms. The van der Waals surface area contributed by atoms with Gasteiger partial charge in [-0.3, -0.25) is 9.59 Å². The summed E-state index contributed by atoms with van der Waals surface area (Å²) in [5, 5.41) is 2.93. The summed E-state index contributed by atoms with van der Waals surface area (Å²) in [6, 6.07) is 12.1. The van der Waals surface area contributed by atoms with Crippen LogP contribution in [0.25, 0.3) is 0 Å². The highest BCUT2D eigenvalue weighted by Crippen LogP contribution is 2.35. The van der Waals surface area contributed by atoms with Crippen LogP contribution in [-0.2, 0) is 4.79 Å². The molecular weight excluding hydrogens is 348 g/mol. The molecule has 1 N–H and O–H groups in total. The lowest BCUT2D eigenvalue weighted by atomic mass is 10.2. The van der Waals surface area contributed by atoms with Crippen LogP contribution in [-0.4, -0.2) is 44.7 Å². The Morgan fingerprint density at radius 1 is 1.11 bits per heavy atom. The molecule has 0 saturated carbocycles. The van der Waals surface area contributed by atoms with E-state index in [9.17, 15) is 9.59 Å². The van der Waals surface area contributed by atoms with Crippen molar-refractivity contribution in [2.45, 2.75) is 12.5 Å². The van der Waals surface area contributed by atoms with Crippen molar-refractivity contribution in [1.82, 2.24) is 5.32 Å². The molecular formula is C20H20N2O5. The van der Waals surface area contributed by atoms with E-state index in [2.05, 4.69) is 5.32 Å². The van der Waals surface area contributed by atoms with Crippen molar-refractivity contribution < 1.29 is 23.8 Å². The zero-order valence-electron chi connectivity index (χ0n) is 14.9. The standard InChI is InChI=1S/C20H20N2O5/c1-25-16-5-2-13(3-6-16)20(24)21-14-10-19(23)22(12-14)15-4-7-17-18(11-15)27-9-8-26-17/h2-7,11,14H,8-10,12H2,1H3,(H,21,24)/t14-/m1/s1. The molecule has 0 aliphatic carbocycles. The van der Waals surface area contributed by atoms with Crippen LogP contribution in [0.1, 0.15) is 16.8 Å². The summed E-state index contributed by atoms with van der Waals surface area (Å²) in [7, 11) is 1.58. The second-order valence-electron chi connectivity index (χ2n) is 6.44. The van der Waals surface area contributed by atoms with Gasteiger partial charge < -0.3 is 24.4 Å². The summed E-state index contributed by atoms with van der Waals surface area (Å²) in [5.74, 6) is 1.76. The Balaban J connectivity index is 1.43. The van der Waals surface area contributed by atoms with E-state index in [1.165, 1.54) is 0 Å². The van der Waals surface area contributed by atoms with Gasteiger partial charge in [0.25, 0.3) is 5.91 Å². The number of rotatable bonds is 4. The Bertz CT molecular complexity index is 865. The van der Waals surface area contributed by atoms with E-state index in [-0.39, 0.29) is 24.3 Å². The number of hydrogen-bond acceptors (Lipinski definition) is 5. The van der Waals surface area contributed by atoms with E-state index in [1.54, 1.807) is 48.4 Å². The average Bonchev–Trinajstić information content (AvgIpc) is 3.07. The second kappa shape index (κ2) is 7.19. The van der Waals surface area contributed by atoms with E-state index < -0.39 is 0 Å². The van der Waals surface area contributed by atoms with Crippen LogP contribution in [0.3, 0.4) is 0 Å². The maximum atomic E-state index is 12.4. The highest BCUT2D eigenvalue weighted by Gasteiger charge is 2.32. The number of carbonyl (C=O) groups is 2. The van der Waals surface area contributed by atoms with Gasteiger partial charge in [-0.15, -0.1) is 0 Å². The SMILES string of the molecule is COc1ccc(C(=O)N[C@@H]2CC(=O)N(c3ccc4c(c3)OCCO4)C2)cc1. The summed E-state index contributed by atoms with van der Waals surface area (Å²) in [4.78, 5) is 26.5. The Morgan fingerprint density at radius 2 is 1.85 bits per heavy atom. The van der Waals surface area contributed by atoms with Gasteiger partial charge in [-0.1, -0.05) is 0 Å². The topological polar surface area (TPSA) is 77.1 Å². The van der Waals surface area contributed by atoms with E-state index in [4.69, 9.17) is 14.2 Å². The van der Waals surface area contributed by atoms with Crippen LogP contribution >= 0.6 is 0 Å². The van der Waals surface area contributed by atoms with Gasteiger partial charge in [0.1, 0.15) is 19.0 Å². The predicted molar refractivity (Wildman–Crippen MR) is 98.7 cm³/mol. The first-order valence-corrected chi connectivity index (χ1v) is 8.79. The maximum absolute atomic E-state index is 12.4. The van der Waals surface area contributed by atoms with E-state index >= 15 is 0 Å². The molecule has 2 aromatic rings. The molecule has 1 fully saturated rings. The summed E-state index contributed by atoms with van der Waals surface area (Å²) in [5.41, 5.74) is 1.27. The summed E-state index contributed by atoms with van der Waals surface area (Å²) in [6.45, 7) is 1.43. The number of fused-ring (bicyclic) bond motifs is 1. The molecule has 1 atom stereocenters. The number of amides is 2. The lowest BCUT2D eigenvalue weighted by Gasteiger charge is -2.22. The molecule has 140 valence electrons. The summed E-state index contributed by atoms with van der Waals surface area (Å²) >= 11 is 0. The van der Waals surface area contributed by atoms with Crippen LogP contribution in [0.5, 0.6) is 17.2 Å². The van der Waals surface area contributed by atoms with Crippen LogP contribution in [0.4, 0.5) is 5.69 Å². The first-order chi connectivity index (χ1) is 13.1. The fourth-order valence-corrected chi connectivity index (χ4v) is 3.26. The van der Waals surface area contributed by atoms with Crippen LogP contribution in [0.15, 0.2) is 42.5 Å². The quantitative estimate of drug-likeness (QED) is 0.893. The van der Waals surface area contributed by atoms with Crippen molar-refractivity contribution in [3.05, 3.63) is 48.0 Å². The second-order valence-corrected chi connectivity index (χ2v) is 6.44. The fourth-order valence-electron chi connectivity index (χ4n) is 3.26. The van der Waals surface area contributed by atoms with Crippen LogP contribution in [0.2, 0.25) is 0 Å². The molecule has 2 amide bonds. The number of nitrogens with zero attached hydrogens (tertiary/aromatic N) is 1. The van der Waals surface area contributed by atoms with Crippen molar-refractivity contribution in [3.63, 3.8) is 0 Å². The monoisotopic (exact) mass is 368 g/mol. The highest BCUT2D eigenvalue weighted by molar-refractivity contribution is 5.99. The van der Waals surface area contributed by atoms with Gasteiger partial charge >= 0.3 is 0 Å². The molecule has 2 aliphatic heterocycles. The molecule has 0 radical (unpaired) electrons. The molecule has 1 saturated heterocycles. The van der Waals surface area contributed by atoms with Crippen molar-refractivity contribution in [1.29, 1.82) is 0 Å². The van der Waals surface area contributed by atoms with Gasteiger partial charge in [0, 0.05) is 30.3 Å². The lowest BCUT2D eigenvalue weighted by Crippen LogP contribution is -2.37. The van der Waals surface area contributed by atoms with Crippen molar-refractivity contribution in [3.8, 4) is 17.2 Å². The smallest absolute Gasteiger partial charge is 0.251 e. The Labute approximate surface area is 156 Å². The first-order valence-electron chi connectivity index (χ1n) is 8.79. The van der Waals surface area contributed by atoms with Gasteiger partial charge in [0.05, 0.1) is 13.2 Å². The molecule has 0 aromatic heterocycles. The van der Waals surface area contributed by atoms with Crippen molar-refractivity contribution in [2.75, 3.05) is 31.8 Å². The lowest BCUT2D eigenvalue weighted by molar-refractivity contribution is -0.117. The summed E-state index contributed by atoms with van der Waals surface area (Å²) in [6.07, 6.45) is 0.260. The summed E-state index contributed by atoms with van der Waals surface area (Å²) < 4.78 is 16.2. The van der Waals surface area contributed by atoms with Crippen molar-refractivity contribution in [2.24, 2.45) is 0 Å². The number of hydrogen-bond donors (Lipinski definition) is 1. The van der Waals surface area contributed by atoms with Gasteiger partial charge in [-0.2, -0.15) is 0 Å². The largest absolute Gasteiger partial charge is 0.497 e. The zero-order chi connectivity index (χ0) is 18.8. The minimum Gasteiger partial charge on any atom is -0.497 e. The highest BCUT2D eigenvalue weighted by atomic mass is 16.6. The van der Waals surface area contributed by atoms with Gasteiger partial charge in [-0.25, -0.2) is 0 Å². The minimum atomic E-state index is -0.250.